The number of rotatable bonds is 2. The van der Waals surface area contributed by atoms with Gasteiger partial charge in [0.25, 0.3) is 0 Å². The molecule has 0 heterocycles. The van der Waals surface area contributed by atoms with Crippen LogP contribution in [-0.2, 0) is 0 Å². The minimum atomic E-state index is 0.756. The molecular formula is C10H20N2. The molecule has 12 heavy (non-hydrogen) atoms. The average Bonchev–Trinajstić information content (AvgIpc) is 2.03. The van der Waals surface area contributed by atoms with E-state index in [1.807, 2.05) is 20.1 Å². The van der Waals surface area contributed by atoms with E-state index in [4.69, 9.17) is 0 Å². The van der Waals surface area contributed by atoms with Gasteiger partial charge < -0.3 is 0 Å². The Kier molecular flexibility index (Phi) is 14.5. The van der Waals surface area contributed by atoms with Crippen LogP contribution >= 0.6 is 0 Å². The highest BCUT2D eigenvalue weighted by Gasteiger charge is 1.76. The maximum absolute atomic E-state index is 3.99. The SMILES string of the molecule is C=CN=C(C)N=CCC.CCC. The number of amidine groups is 1. The van der Waals surface area contributed by atoms with E-state index in [0.29, 0.717) is 0 Å². The summed E-state index contributed by atoms with van der Waals surface area (Å²) in [6.45, 7) is 11.6. The Morgan fingerprint density at radius 2 is 1.83 bits per heavy atom. The summed E-state index contributed by atoms with van der Waals surface area (Å²) in [6.07, 6.45) is 5.51. The molecule has 0 N–H and O–H groups in total. The molecule has 0 aliphatic rings. The highest BCUT2D eigenvalue weighted by Crippen LogP contribution is 1.79. The highest BCUT2D eigenvalue weighted by atomic mass is 14.9. The van der Waals surface area contributed by atoms with Crippen molar-refractivity contribution in [1.82, 2.24) is 0 Å². The van der Waals surface area contributed by atoms with E-state index in [9.17, 15) is 0 Å². The fraction of sp³-hybridized carbons (Fsp3) is 0.600. The van der Waals surface area contributed by atoms with Crippen molar-refractivity contribution in [1.29, 1.82) is 0 Å². The zero-order chi connectivity index (χ0) is 9.82. The van der Waals surface area contributed by atoms with Crippen LogP contribution in [-0.4, -0.2) is 12.1 Å². The van der Waals surface area contributed by atoms with Crippen LogP contribution in [0, 0.1) is 0 Å². The molecule has 2 heteroatoms. The molecule has 0 aliphatic carbocycles. The molecule has 0 aliphatic heterocycles. The van der Waals surface area contributed by atoms with Crippen molar-refractivity contribution in [2.75, 3.05) is 0 Å². The molecule has 70 valence electrons. The largest absolute Gasteiger partial charge is 0.246 e. The smallest absolute Gasteiger partial charge is 0.124 e. The summed E-state index contributed by atoms with van der Waals surface area (Å²) in [5.74, 6) is 0.756. The van der Waals surface area contributed by atoms with Crippen molar-refractivity contribution in [3.63, 3.8) is 0 Å². The van der Waals surface area contributed by atoms with Gasteiger partial charge in [0.15, 0.2) is 0 Å². The lowest BCUT2D eigenvalue weighted by Gasteiger charge is -1.84. The third kappa shape index (κ3) is 16.0. The fourth-order valence-electron chi connectivity index (χ4n) is 0.389. The predicted octanol–water partition coefficient (Wildman–Crippen LogP) is 3.45. The maximum Gasteiger partial charge on any atom is 0.124 e. The van der Waals surface area contributed by atoms with Gasteiger partial charge in [0, 0.05) is 12.4 Å². The molecule has 0 aromatic rings. The van der Waals surface area contributed by atoms with Crippen LogP contribution in [0.5, 0.6) is 0 Å². The minimum Gasteiger partial charge on any atom is -0.246 e. The van der Waals surface area contributed by atoms with Crippen LogP contribution in [0.25, 0.3) is 0 Å². The Morgan fingerprint density at radius 3 is 2.17 bits per heavy atom. The molecule has 0 radical (unpaired) electrons. The lowest BCUT2D eigenvalue weighted by Crippen LogP contribution is -1.83. The summed E-state index contributed by atoms with van der Waals surface area (Å²) in [5, 5.41) is 0. The number of hydrogen-bond donors (Lipinski definition) is 0. The molecule has 0 fully saturated rings. The minimum absolute atomic E-state index is 0.756. The summed E-state index contributed by atoms with van der Waals surface area (Å²) < 4.78 is 0. The first-order valence-corrected chi connectivity index (χ1v) is 4.40. The number of nitrogens with zero attached hydrogens (tertiary/aromatic N) is 2. The summed E-state index contributed by atoms with van der Waals surface area (Å²) in [7, 11) is 0. The molecule has 2 nitrogen and oxygen atoms in total. The Labute approximate surface area is 76.1 Å². The van der Waals surface area contributed by atoms with Crippen LogP contribution in [0.3, 0.4) is 0 Å². The third-order valence-electron chi connectivity index (χ3n) is 0.739. The lowest BCUT2D eigenvalue weighted by atomic mass is 10.5. The van der Waals surface area contributed by atoms with E-state index in [1.165, 1.54) is 12.6 Å². The molecule has 0 saturated heterocycles. The zero-order valence-corrected chi connectivity index (χ0v) is 8.67. The van der Waals surface area contributed by atoms with Gasteiger partial charge in [-0.2, -0.15) is 0 Å². The molecular weight excluding hydrogens is 148 g/mol. The summed E-state index contributed by atoms with van der Waals surface area (Å²) in [5.41, 5.74) is 0. The Bertz CT molecular complexity index is 146. The second-order valence-electron chi connectivity index (χ2n) is 2.29. The number of hydrogen-bond acceptors (Lipinski definition) is 1. The van der Waals surface area contributed by atoms with Gasteiger partial charge in [-0.3, -0.25) is 0 Å². The van der Waals surface area contributed by atoms with Crippen molar-refractivity contribution in [2.45, 2.75) is 40.5 Å². The van der Waals surface area contributed by atoms with Crippen molar-refractivity contribution in [3.8, 4) is 0 Å². The second-order valence-corrected chi connectivity index (χ2v) is 2.29. The first-order chi connectivity index (χ1) is 5.72. The van der Waals surface area contributed by atoms with Crippen molar-refractivity contribution in [2.24, 2.45) is 9.98 Å². The van der Waals surface area contributed by atoms with Gasteiger partial charge in [0.05, 0.1) is 0 Å². The second kappa shape index (κ2) is 12.7. The normalized spacial score (nSPS) is 10.8. The third-order valence-corrected chi connectivity index (χ3v) is 0.739. The van der Waals surface area contributed by atoms with E-state index in [0.717, 1.165) is 12.3 Å². The van der Waals surface area contributed by atoms with Gasteiger partial charge in [-0.25, -0.2) is 9.98 Å². The molecule has 0 unspecified atom stereocenters. The van der Waals surface area contributed by atoms with E-state index < -0.39 is 0 Å². The average molecular weight is 168 g/mol. The quantitative estimate of drug-likeness (QED) is 0.445. The van der Waals surface area contributed by atoms with Crippen molar-refractivity contribution in [3.05, 3.63) is 12.8 Å². The van der Waals surface area contributed by atoms with Crippen LogP contribution in [0.15, 0.2) is 22.8 Å². The Balaban J connectivity index is 0. The van der Waals surface area contributed by atoms with Gasteiger partial charge >= 0.3 is 0 Å². The highest BCUT2D eigenvalue weighted by molar-refractivity contribution is 5.87. The number of aliphatic imine (C=N–C) groups is 2. The van der Waals surface area contributed by atoms with Gasteiger partial charge in [0.2, 0.25) is 0 Å². The molecule has 0 atom stereocenters. The molecule has 0 aromatic heterocycles. The van der Waals surface area contributed by atoms with E-state index in [2.05, 4.69) is 30.4 Å². The van der Waals surface area contributed by atoms with E-state index >= 15 is 0 Å². The molecule has 0 spiro atoms. The predicted molar refractivity (Wildman–Crippen MR) is 58.1 cm³/mol. The first kappa shape index (κ1) is 13.7. The lowest BCUT2D eigenvalue weighted by molar-refractivity contribution is 1.09. The van der Waals surface area contributed by atoms with Crippen LogP contribution in [0.2, 0.25) is 0 Å². The van der Waals surface area contributed by atoms with Crippen LogP contribution < -0.4 is 0 Å². The van der Waals surface area contributed by atoms with Gasteiger partial charge in [-0.1, -0.05) is 33.8 Å². The maximum atomic E-state index is 3.99. The summed E-state index contributed by atoms with van der Waals surface area (Å²) in [4.78, 5) is 7.83. The summed E-state index contributed by atoms with van der Waals surface area (Å²) in [6, 6.07) is 0. The molecule has 0 amide bonds. The summed E-state index contributed by atoms with van der Waals surface area (Å²) >= 11 is 0. The van der Waals surface area contributed by atoms with Crippen LogP contribution in [0.1, 0.15) is 40.5 Å². The topological polar surface area (TPSA) is 24.7 Å². The standard InChI is InChI=1S/C7H12N2.C3H8/c1-4-6-9-7(3)8-5-2;1-3-2/h5-6H,2,4H2,1,3H3;3H2,1-2H3. The van der Waals surface area contributed by atoms with Gasteiger partial charge in [-0.05, 0) is 13.3 Å². The zero-order valence-electron chi connectivity index (χ0n) is 8.67. The van der Waals surface area contributed by atoms with Crippen molar-refractivity contribution < 1.29 is 0 Å². The Hall–Kier alpha value is -0.920. The monoisotopic (exact) mass is 168 g/mol. The molecule has 0 bridgehead atoms. The van der Waals surface area contributed by atoms with E-state index in [-0.39, 0.29) is 0 Å². The van der Waals surface area contributed by atoms with Gasteiger partial charge in [0.1, 0.15) is 5.84 Å². The van der Waals surface area contributed by atoms with Gasteiger partial charge in [-0.15, -0.1) is 0 Å². The van der Waals surface area contributed by atoms with Crippen LogP contribution in [0.4, 0.5) is 0 Å². The first-order valence-electron chi connectivity index (χ1n) is 4.40. The molecule has 0 rings (SSSR count). The van der Waals surface area contributed by atoms with E-state index in [1.54, 1.807) is 0 Å². The van der Waals surface area contributed by atoms with Crippen molar-refractivity contribution >= 4 is 12.1 Å². The molecule has 0 saturated carbocycles. The Morgan fingerprint density at radius 1 is 1.33 bits per heavy atom. The molecule has 0 aromatic carbocycles. The fourth-order valence-corrected chi connectivity index (χ4v) is 0.389.